The van der Waals surface area contributed by atoms with Crippen LogP contribution in [0.5, 0.6) is 5.75 Å². The Morgan fingerprint density at radius 1 is 1.25 bits per heavy atom. The van der Waals surface area contributed by atoms with Crippen LogP contribution in [0, 0.1) is 19.7 Å². The molecule has 2 N–H and O–H groups in total. The Hall–Kier alpha value is -2.07. The zero-order valence-corrected chi connectivity index (χ0v) is 11.8. The lowest BCUT2D eigenvalue weighted by atomic mass is 10.0. The first-order valence-corrected chi connectivity index (χ1v) is 6.33. The molecule has 0 aliphatic rings. The molecule has 0 radical (unpaired) electrons. The van der Waals surface area contributed by atoms with Crippen LogP contribution >= 0.6 is 11.6 Å². The molecular formula is C15H13ClFNO2. The first-order valence-electron chi connectivity index (χ1n) is 5.95. The topological polar surface area (TPSA) is 49.3 Å². The van der Waals surface area contributed by atoms with Crippen LogP contribution in [0.2, 0.25) is 5.02 Å². The summed E-state index contributed by atoms with van der Waals surface area (Å²) >= 11 is 5.76. The van der Waals surface area contributed by atoms with E-state index < -0.39 is 11.7 Å². The van der Waals surface area contributed by atoms with Crippen LogP contribution in [0.3, 0.4) is 0 Å². The van der Waals surface area contributed by atoms with E-state index in [0.717, 1.165) is 5.56 Å². The quantitative estimate of drug-likeness (QED) is 0.877. The fourth-order valence-electron chi connectivity index (χ4n) is 1.92. The molecule has 2 aromatic rings. The molecule has 0 atom stereocenters. The molecule has 20 heavy (non-hydrogen) atoms. The SMILES string of the molecule is Cc1cc(C)c(O)c(C(=O)Nc2cc(Cl)ccc2F)c1. The maximum atomic E-state index is 13.6. The van der Waals surface area contributed by atoms with Gasteiger partial charge in [-0.3, -0.25) is 4.79 Å². The van der Waals surface area contributed by atoms with Crippen molar-refractivity contribution in [3.05, 3.63) is 57.9 Å². The lowest BCUT2D eigenvalue weighted by Crippen LogP contribution is -2.13. The van der Waals surface area contributed by atoms with Crippen LogP contribution in [0.15, 0.2) is 30.3 Å². The number of benzene rings is 2. The molecule has 2 aromatic carbocycles. The Kier molecular flexibility index (Phi) is 3.95. The molecule has 0 fully saturated rings. The predicted molar refractivity (Wildman–Crippen MR) is 76.9 cm³/mol. The monoisotopic (exact) mass is 293 g/mol. The Morgan fingerprint density at radius 2 is 1.95 bits per heavy atom. The number of rotatable bonds is 2. The lowest BCUT2D eigenvalue weighted by molar-refractivity contribution is 0.102. The molecule has 0 unspecified atom stereocenters. The van der Waals surface area contributed by atoms with E-state index >= 15 is 0 Å². The van der Waals surface area contributed by atoms with Crippen LogP contribution < -0.4 is 5.32 Å². The second kappa shape index (κ2) is 5.51. The van der Waals surface area contributed by atoms with E-state index in [2.05, 4.69) is 5.32 Å². The van der Waals surface area contributed by atoms with Gasteiger partial charge in [0.2, 0.25) is 0 Å². The number of phenolic OH excluding ortho intramolecular Hbond substituents is 1. The number of halogens is 2. The highest BCUT2D eigenvalue weighted by Gasteiger charge is 2.15. The van der Waals surface area contributed by atoms with Gasteiger partial charge in [-0.2, -0.15) is 0 Å². The number of hydrogen-bond donors (Lipinski definition) is 2. The highest BCUT2D eigenvalue weighted by atomic mass is 35.5. The number of carbonyl (C=O) groups excluding carboxylic acids is 1. The van der Waals surface area contributed by atoms with Crippen molar-refractivity contribution < 1.29 is 14.3 Å². The molecule has 0 saturated heterocycles. The molecule has 1 amide bonds. The average molecular weight is 294 g/mol. The van der Waals surface area contributed by atoms with Gasteiger partial charge in [-0.1, -0.05) is 17.7 Å². The van der Waals surface area contributed by atoms with Crippen molar-refractivity contribution in [2.45, 2.75) is 13.8 Å². The highest BCUT2D eigenvalue weighted by molar-refractivity contribution is 6.31. The number of aryl methyl sites for hydroxylation is 2. The van der Waals surface area contributed by atoms with Crippen molar-refractivity contribution in [2.24, 2.45) is 0 Å². The third-order valence-electron chi connectivity index (χ3n) is 2.87. The summed E-state index contributed by atoms with van der Waals surface area (Å²) in [5.74, 6) is -1.29. The van der Waals surface area contributed by atoms with Gasteiger partial charge in [0.1, 0.15) is 11.6 Å². The van der Waals surface area contributed by atoms with Gasteiger partial charge >= 0.3 is 0 Å². The van der Waals surface area contributed by atoms with E-state index in [0.29, 0.717) is 10.6 Å². The van der Waals surface area contributed by atoms with E-state index in [9.17, 15) is 14.3 Å². The third-order valence-corrected chi connectivity index (χ3v) is 3.10. The van der Waals surface area contributed by atoms with E-state index in [1.807, 2.05) is 6.92 Å². The molecule has 104 valence electrons. The molecule has 0 saturated carbocycles. The third kappa shape index (κ3) is 2.91. The number of phenols is 1. The minimum atomic E-state index is -0.591. The van der Waals surface area contributed by atoms with E-state index in [4.69, 9.17) is 11.6 Å². The van der Waals surface area contributed by atoms with Crippen molar-refractivity contribution in [3.8, 4) is 5.75 Å². The van der Waals surface area contributed by atoms with E-state index in [1.165, 1.54) is 18.2 Å². The highest BCUT2D eigenvalue weighted by Crippen LogP contribution is 2.26. The molecule has 3 nitrogen and oxygen atoms in total. The fourth-order valence-corrected chi connectivity index (χ4v) is 2.09. The van der Waals surface area contributed by atoms with Gasteiger partial charge in [0.05, 0.1) is 11.3 Å². The molecule has 0 aromatic heterocycles. The minimum Gasteiger partial charge on any atom is -0.507 e. The van der Waals surface area contributed by atoms with Crippen LogP contribution in [0.4, 0.5) is 10.1 Å². The molecule has 0 bridgehead atoms. The summed E-state index contributed by atoms with van der Waals surface area (Å²) in [6.45, 7) is 3.50. The molecule has 2 rings (SSSR count). The number of hydrogen-bond acceptors (Lipinski definition) is 2. The smallest absolute Gasteiger partial charge is 0.259 e. The number of amides is 1. The average Bonchev–Trinajstić information content (AvgIpc) is 2.38. The Bertz CT molecular complexity index is 686. The van der Waals surface area contributed by atoms with Crippen molar-refractivity contribution in [1.82, 2.24) is 0 Å². The molecule has 0 spiro atoms. The lowest BCUT2D eigenvalue weighted by Gasteiger charge is -2.10. The maximum absolute atomic E-state index is 13.6. The van der Waals surface area contributed by atoms with E-state index in [-0.39, 0.29) is 17.0 Å². The minimum absolute atomic E-state index is 0.0268. The van der Waals surface area contributed by atoms with Gasteiger partial charge in [-0.05, 0) is 49.2 Å². The van der Waals surface area contributed by atoms with Gasteiger partial charge in [-0.15, -0.1) is 0 Å². The summed E-state index contributed by atoms with van der Waals surface area (Å²) < 4.78 is 13.6. The van der Waals surface area contributed by atoms with Crippen molar-refractivity contribution >= 4 is 23.2 Å². The normalized spacial score (nSPS) is 10.4. The molecule has 0 aliphatic carbocycles. The zero-order chi connectivity index (χ0) is 14.9. The summed E-state index contributed by atoms with van der Waals surface area (Å²) in [5.41, 5.74) is 1.49. The first-order chi connectivity index (χ1) is 9.38. The predicted octanol–water partition coefficient (Wildman–Crippen LogP) is 4.05. The van der Waals surface area contributed by atoms with Crippen LogP contribution in [-0.4, -0.2) is 11.0 Å². The summed E-state index contributed by atoms with van der Waals surface area (Å²) in [7, 11) is 0. The first kappa shape index (κ1) is 14.3. The van der Waals surface area contributed by atoms with Gasteiger partial charge in [0, 0.05) is 5.02 Å². The number of anilines is 1. The van der Waals surface area contributed by atoms with Crippen LogP contribution in [-0.2, 0) is 0 Å². The Morgan fingerprint density at radius 3 is 2.65 bits per heavy atom. The number of nitrogens with one attached hydrogen (secondary N) is 1. The molecule has 0 heterocycles. The zero-order valence-electron chi connectivity index (χ0n) is 11.0. The molecular weight excluding hydrogens is 281 g/mol. The van der Waals surface area contributed by atoms with Gasteiger partial charge in [0.25, 0.3) is 5.91 Å². The summed E-state index contributed by atoms with van der Waals surface area (Å²) in [6.07, 6.45) is 0. The van der Waals surface area contributed by atoms with Gasteiger partial charge in [0.15, 0.2) is 0 Å². The largest absolute Gasteiger partial charge is 0.507 e. The van der Waals surface area contributed by atoms with Crippen molar-refractivity contribution in [1.29, 1.82) is 0 Å². The number of aromatic hydroxyl groups is 1. The summed E-state index contributed by atoms with van der Waals surface area (Å²) in [5, 5.41) is 12.6. The number of carbonyl (C=O) groups is 1. The van der Waals surface area contributed by atoms with Crippen molar-refractivity contribution in [2.75, 3.05) is 5.32 Å². The van der Waals surface area contributed by atoms with Crippen molar-refractivity contribution in [3.63, 3.8) is 0 Å². The van der Waals surface area contributed by atoms with Crippen LogP contribution in [0.1, 0.15) is 21.5 Å². The van der Waals surface area contributed by atoms with E-state index in [1.54, 1.807) is 19.1 Å². The molecule has 5 heteroatoms. The second-order valence-electron chi connectivity index (χ2n) is 4.56. The van der Waals surface area contributed by atoms with Crippen LogP contribution in [0.25, 0.3) is 0 Å². The van der Waals surface area contributed by atoms with Gasteiger partial charge < -0.3 is 10.4 Å². The second-order valence-corrected chi connectivity index (χ2v) is 4.99. The fraction of sp³-hybridized carbons (Fsp3) is 0.133. The Balaban J connectivity index is 2.35. The maximum Gasteiger partial charge on any atom is 0.259 e. The van der Waals surface area contributed by atoms with Gasteiger partial charge in [-0.25, -0.2) is 4.39 Å². The Labute approximate surface area is 121 Å². The standard InChI is InChI=1S/C15H13ClFNO2/c1-8-5-9(2)14(19)11(6-8)15(20)18-13-7-10(16)3-4-12(13)17/h3-7,19H,1-2H3,(H,18,20). The summed E-state index contributed by atoms with van der Waals surface area (Å²) in [6, 6.07) is 7.17. The summed E-state index contributed by atoms with van der Waals surface area (Å²) in [4.78, 5) is 12.1. The molecule has 0 aliphatic heterocycles.